The van der Waals surface area contributed by atoms with Gasteiger partial charge in [-0.3, -0.25) is 4.79 Å². The molecule has 0 unspecified atom stereocenters. The molecule has 0 aromatic heterocycles. The van der Waals surface area contributed by atoms with E-state index in [0.29, 0.717) is 24.5 Å². The number of carbonyl (C=O) groups is 2. The second-order valence-electron chi connectivity index (χ2n) is 6.48. The second-order valence-corrected chi connectivity index (χ2v) is 6.48. The molecule has 136 valence electrons. The molecule has 0 bridgehead atoms. The predicted molar refractivity (Wildman–Crippen MR) is 98.9 cm³/mol. The van der Waals surface area contributed by atoms with E-state index in [-0.39, 0.29) is 17.4 Å². The van der Waals surface area contributed by atoms with Crippen molar-refractivity contribution in [1.82, 2.24) is 4.90 Å². The van der Waals surface area contributed by atoms with Crippen molar-refractivity contribution >= 4 is 11.9 Å². The molecule has 0 aliphatic carbocycles. The van der Waals surface area contributed by atoms with E-state index >= 15 is 0 Å². The number of nitrogens with zero attached hydrogens (tertiary/aromatic N) is 1. The van der Waals surface area contributed by atoms with Gasteiger partial charge in [0.1, 0.15) is 5.75 Å². The van der Waals surface area contributed by atoms with Crippen LogP contribution in [0.15, 0.2) is 48.5 Å². The lowest BCUT2D eigenvalue weighted by molar-refractivity contribution is 0.0693. The summed E-state index contributed by atoms with van der Waals surface area (Å²) in [5.41, 5.74) is 2.00. The van der Waals surface area contributed by atoms with Gasteiger partial charge in [0.2, 0.25) is 0 Å². The van der Waals surface area contributed by atoms with Crippen LogP contribution in [-0.2, 0) is 0 Å². The van der Waals surface area contributed by atoms with Crippen molar-refractivity contribution in [3.63, 3.8) is 0 Å². The number of rotatable bonds is 5. The molecule has 2 aromatic rings. The van der Waals surface area contributed by atoms with Gasteiger partial charge in [-0.2, -0.15) is 0 Å². The predicted octanol–water partition coefficient (Wildman–Crippen LogP) is 3.80. The number of piperidine rings is 1. The minimum absolute atomic E-state index is 0.0124. The van der Waals surface area contributed by atoms with Gasteiger partial charge in [0, 0.05) is 24.6 Å². The maximum Gasteiger partial charge on any atom is 0.335 e. The maximum atomic E-state index is 12.9. The fourth-order valence-corrected chi connectivity index (χ4v) is 3.40. The zero-order valence-corrected chi connectivity index (χ0v) is 14.9. The van der Waals surface area contributed by atoms with E-state index in [4.69, 9.17) is 9.84 Å². The van der Waals surface area contributed by atoms with E-state index < -0.39 is 5.97 Å². The number of hydrogen-bond donors (Lipinski definition) is 1. The number of carboxylic acids is 1. The smallest absolute Gasteiger partial charge is 0.335 e. The molecular formula is C21H23NO4. The monoisotopic (exact) mass is 353 g/mol. The van der Waals surface area contributed by atoms with Gasteiger partial charge in [-0.25, -0.2) is 4.79 Å². The molecule has 1 saturated heterocycles. The number of hydrogen-bond acceptors (Lipinski definition) is 3. The Morgan fingerprint density at radius 2 is 1.92 bits per heavy atom. The molecular weight excluding hydrogens is 330 g/mol. The highest BCUT2D eigenvalue weighted by Gasteiger charge is 2.25. The van der Waals surface area contributed by atoms with E-state index in [0.717, 1.165) is 24.9 Å². The van der Waals surface area contributed by atoms with Crippen molar-refractivity contribution in [2.75, 3.05) is 19.7 Å². The number of aromatic carboxylic acids is 1. The number of amides is 1. The van der Waals surface area contributed by atoms with Crippen molar-refractivity contribution < 1.29 is 19.4 Å². The standard InChI is InChI=1S/C21H23NO4/c1-2-26-19-7-3-5-17(13-19)20(23)22-12-4-6-18(14-22)15-8-10-16(11-9-15)21(24)25/h3,5,7-11,13,18H,2,4,6,12,14H2,1H3,(H,24,25)/t18-/m0/s1. The highest BCUT2D eigenvalue weighted by Crippen LogP contribution is 2.28. The summed E-state index contributed by atoms with van der Waals surface area (Å²) in [5, 5.41) is 9.02. The van der Waals surface area contributed by atoms with Crippen molar-refractivity contribution in [2.24, 2.45) is 0 Å². The Morgan fingerprint density at radius 3 is 2.62 bits per heavy atom. The SMILES string of the molecule is CCOc1cccc(C(=O)N2CCC[C@H](c3ccc(C(=O)O)cc3)C2)c1. The highest BCUT2D eigenvalue weighted by molar-refractivity contribution is 5.94. The van der Waals surface area contributed by atoms with Crippen LogP contribution in [0.2, 0.25) is 0 Å². The van der Waals surface area contributed by atoms with Crippen molar-refractivity contribution in [2.45, 2.75) is 25.7 Å². The lowest BCUT2D eigenvalue weighted by atomic mass is 9.90. The average Bonchev–Trinajstić information content (AvgIpc) is 2.68. The van der Waals surface area contributed by atoms with Crippen LogP contribution in [0.5, 0.6) is 5.75 Å². The van der Waals surface area contributed by atoms with Crippen molar-refractivity contribution in [1.29, 1.82) is 0 Å². The number of carboxylic acid groups (broad SMARTS) is 1. The van der Waals surface area contributed by atoms with E-state index in [1.165, 1.54) is 0 Å². The van der Waals surface area contributed by atoms with Crippen LogP contribution in [0.4, 0.5) is 0 Å². The average molecular weight is 353 g/mol. The number of likely N-dealkylation sites (tertiary alicyclic amines) is 1. The van der Waals surface area contributed by atoms with Gasteiger partial charge in [0.05, 0.1) is 12.2 Å². The molecule has 1 aliphatic heterocycles. The van der Waals surface area contributed by atoms with E-state index in [2.05, 4.69) is 0 Å². The van der Waals surface area contributed by atoms with Crippen molar-refractivity contribution in [3.8, 4) is 5.75 Å². The summed E-state index contributed by atoms with van der Waals surface area (Å²) in [6.07, 6.45) is 1.93. The third kappa shape index (κ3) is 4.04. The zero-order chi connectivity index (χ0) is 18.5. The van der Waals surface area contributed by atoms with Gasteiger partial charge in [0.15, 0.2) is 0 Å². The lowest BCUT2D eigenvalue weighted by Crippen LogP contribution is -2.39. The Balaban J connectivity index is 1.72. The van der Waals surface area contributed by atoms with Gasteiger partial charge in [-0.15, -0.1) is 0 Å². The van der Waals surface area contributed by atoms with Gasteiger partial charge in [-0.1, -0.05) is 18.2 Å². The molecule has 5 nitrogen and oxygen atoms in total. The topological polar surface area (TPSA) is 66.8 Å². The van der Waals surface area contributed by atoms with Crippen LogP contribution in [0.3, 0.4) is 0 Å². The molecule has 3 rings (SSSR count). The molecule has 5 heteroatoms. The van der Waals surface area contributed by atoms with Crippen LogP contribution in [0.1, 0.15) is 52.0 Å². The molecule has 26 heavy (non-hydrogen) atoms. The molecule has 0 radical (unpaired) electrons. The molecule has 0 spiro atoms. The largest absolute Gasteiger partial charge is 0.494 e. The first-order chi connectivity index (χ1) is 12.6. The third-order valence-corrected chi connectivity index (χ3v) is 4.73. The molecule has 1 amide bonds. The number of benzene rings is 2. The quantitative estimate of drug-likeness (QED) is 0.888. The second kappa shape index (κ2) is 8.04. The Bertz CT molecular complexity index is 785. The van der Waals surface area contributed by atoms with E-state index in [1.54, 1.807) is 18.2 Å². The van der Waals surface area contributed by atoms with Crippen LogP contribution in [-0.4, -0.2) is 41.6 Å². The fraction of sp³-hybridized carbons (Fsp3) is 0.333. The van der Waals surface area contributed by atoms with Gasteiger partial charge < -0.3 is 14.7 Å². The number of ether oxygens (including phenoxy) is 1. The summed E-state index contributed by atoms with van der Waals surface area (Å²) >= 11 is 0. The van der Waals surface area contributed by atoms with Crippen molar-refractivity contribution in [3.05, 3.63) is 65.2 Å². The molecule has 2 aromatic carbocycles. The Morgan fingerprint density at radius 1 is 1.15 bits per heavy atom. The zero-order valence-electron chi connectivity index (χ0n) is 14.9. The molecule has 1 heterocycles. The Hall–Kier alpha value is -2.82. The van der Waals surface area contributed by atoms with Crippen LogP contribution in [0.25, 0.3) is 0 Å². The first kappa shape index (κ1) is 18.0. The first-order valence-electron chi connectivity index (χ1n) is 8.94. The fourth-order valence-electron chi connectivity index (χ4n) is 3.40. The maximum absolute atomic E-state index is 12.9. The Labute approximate surface area is 153 Å². The molecule has 0 saturated carbocycles. The minimum atomic E-state index is -0.925. The van der Waals surface area contributed by atoms with Crippen LogP contribution in [0, 0.1) is 0 Å². The van der Waals surface area contributed by atoms with E-state index in [1.807, 2.05) is 42.2 Å². The summed E-state index contributed by atoms with van der Waals surface area (Å²) < 4.78 is 5.49. The van der Waals surface area contributed by atoms with Gasteiger partial charge in [0.25, 0.3) is 5.91 Å². The first-order valence-corrected chi connectivity index (χ1v) is 8.94. The van der Waals surface area contributed by atoms with Crippen LogP contribution >= 0.6 is 0 Å². The summed E-state index contributed by atoms with van der Waals surface area (Å²) in [6, 6.07) is 14.3. The normalized spacial score (nSPS) is 17.0. The van der Waals surface area contributed by atoms with Crippen LogP contribution < -0.4 is 4.74 Å². The Kier molecular flexibility index (Phi) is 5.56. The molecule has 1 atom stereocenters. The number of carbonyl (C=O) groups excluding carboxylic acids is 1. The van der Waals surface area contributed by atoms with E-state index in [9.17, 15) is 9.59 Å². The summed E-state index contributed by atoms with van der Waals surface area (Å²) in [5.74, 6) is 0.0198. The minimum Gasteiger partial charge on any atom is -0.494 e. The summed E-state index contributed by atoms with van der Waals surface area (Å²) in [4.78, 5) is 25.7. The van der Waals surface area contributed by atoms with Gasteiger partial charge in [-0.05, 0) is 55.7 Å². The summed E-state index contributed by atoms with van der Waals surface area (Å²) in [6.45, 7) is 3.86. The molecule has 1 fully saturated rings. The van der Waals surface area contributed by atoms with Gasteiger partial charge >= 0.3 is 5.97 Å². The third-order valence-electron chi connectivity index (χ3n) is 4.73. The molecule has 1 N–H and O–H groups in total. The summed E-state index contributed by atoms with van der Waals surface area (Å²) in [7, 11) is 0. The molecule has 1 aliphatic rings. The lowest BCUT2D eigenvalue weighted by Gasteiger charge is -2.33. The highest BCUT2D eigenvalue weighted by atomic mass is 16.5.